The van der Waals surface area contributed by atoms with Gasteiger partial charge in [-0.3, -0.25) is 4.79 Å². The van der Waals surface area contributed by atoms with E-state index < -0.39 is 0 Å². The van der Waals surface area contributed by atoms with Crippen molar-refractivity contribution in [2.75, 3.05) is 17.2 Å². The molecule has 17 heavy (non-hydrogen) atoms. The van der Waals surface area contributed by atoms with Crippen LogP contribution in [0.5, 0.6) is 0 Å². The van der Waals surface area contributed by atoms with Gasteiger partial charge in [0.05, 0.1) is 16.8 Å². The van der Waals surface area contributed by atoms with Crippen LogP contribution >= 0.6 is 11.6 Å². The van der Waals surface area contributed by atoms with E-state index in [-0.39, 0.29) is 11.3 Å². The van der Waals surface area contributed by atoms with Gasteiger partial charge < -0.3 is 10.6 Å². The first-order chi connectivity index (χ1) is 8.11. The first kappa shape index (κ1) is 12.2. The summed E-state index contributed by atoms with van der Waals surface area (Å²) in [7, 11) is 0. The van der Waals surface area contributed by atoms with Gasteiger partial charge in [-0.1, -0.05) is 25.4 Å². The number of benzene rings is 1. The third-order valence-electron chi connectivity index (χ3n) is 3.68. The highest BCUT2D eigenvalue weighted by Crippen LogP contribution is 2.35. The Labute approximate surface area is 107 Å². The van der Waals surface area contributed by atoms with Crippen molar-refractivity contribution in [1.82, 2.24) is 0 Å². The molecule has 0 fully saturated rings. The van der Waals surface area contributed by atoms with Gasteiger partial charge in [0.1, 0.15) is 0 Å². The molecule has 0 unspecified atom stereocenters. The maximum atomic E-state index is 12.3. The van der Waals surface area contributed by atoms with E-state index in [1.54, 1.807) is 6.07 Å². The SMILES string of the molecule is CCC1(CC)CNc2ccc(Cl)cc2NC1=O. The Morgan fingerprint density at radius 1 is 1.29 bits per heavy atom. The minimum atomic E-state index is -0.328. The van der Waals surface area contributed by atoms with Crippen molar-refractivity contribution in [1.29, 1.82) is 0 Å². The molecule has 1 aliphatic rings. The summed E-state index contributed by atoms with van der Waals surface area (Å²) < 4.78 is 0. The minimum absolute atomic E-state index is 0.0796. The minimum Gasteiger partial charge on any atom is -0.382 e. The Morgan fingerprint density at radius 2 is 2.00 bits per heavy atom. The van der Waals surface area contributed by atoms with Crippen molar-refractivity contribution >= 4 is 28.9 Å². The number of rotatable bonds is 2. The fourth-order valence-corrected chi connectivity index (χ4v) is 2.37. The van der Waals surface area contributed by atoms with E-state index in [2.05, 4.69) is 10.6 Å². The Balaban J connectivity index is 2.37. The number of fused-ring (bicyclic) bond motifs is 1. The van der Waals surface area contributed by atoms with Crippen LogP contribution in [0.4, 0.5) is 11.4 Å². The second-order valence-corrected chi connectivity index (χ2v) is 4.92. The maximum absolute atomic E-state index is 12.3. The molecule has 1 aliphatic heterocycles. The van der Waals surface area contributed by atoms with Crippen LogP contribution in [0.2, 0.25) is 5.02 Å². The van der Waals surface area contributed by atoms with Crippen LogP contribution in [0, 0.1) is 5.41 Å². The summed E-state index contributed by atoms with van der Waals surface area (Å²) in [4.78, 5) is 12.3. The maximum Gasteiger partial charge on any atom is 0.232 e. The molecule has 0 aliphatic carbocycles. The molecule has 0 atom stereocenters. The molecular formula is C13H17ClN2O. The summed E-state index contributed by atoms with van der Waals surface area (Å²) in [5.41, 5.74) is 1.38. The number of carbonyl (C=O) groups is 1. The number of hydrogen-bond donors (Lipinski definition) is 2. The molecule has 0 saturated carbocycles. The van der Waals surface area contributed by atoms with Gasteiger partial charge >= 0.3 is 0 Å². The summed E-state index contributed by atoms with van der Waals surface area (Å²) in [6.45, 7) is 4.77. The molecule has 0 bridgehead atoms. The predicted octanol–water partition coefficient (Wildman–Crippen LogP) is 3.51. The lowest BCUT2D eigenvalue weighted by molar-refractivity contribution is -0.125. The third kappa shape index (κ3) is 2.12. The molecule has 0 radical (unpaired) electrons. The number of nitrogens with one attached hydrogen (secondary N) is 2. The molecule has 1 amide bonds. The van der Waals surface area contributed by atoms with Gasteiger partial charge in [-0.05, 0) is 31.0 Å². The van der Waals surface area contributed by atoms with E-state index in [9.17, 15) is 4.79 Å². The van der Waals surface area contributed by atoms with E-state index in [0.717, 1.165) is 24.2 Å². The smallest absolute Gasteiger partial charge is 0.232 e. The lowest BCUT2D eigenvalue weighted by Crippen LogP contribution is -2.39. The number of amides is 1. The quantitative estimate of drug-likeness (QED) is 0.846. The standard InChI is InChI=1S/C13H17ClN2O/c1-3-13(4-2)8-15-10-6-5-9(14)7-11(10)16-12(13)17/h5-7,15H,3-4,8H2,1-2H3,(H,16,17). The van der Waals surface area contributed by atoms with E-state index in [1.807, 2.05) is 26.0 Å². The highest BCUT2D eigenvalue weighted by atomic mass is 35.5. The Hall–Kier alpha value is -1.22. The lowest BCUT2D eigenvalue weighted by atomic mass is 9.81. The molecule has 1 aromatic carbocycles. The zero-order valence-corrected chi connectivity index (χ0v) is 10.9. The van der Waals surface area contributed by atoms with E-state index in [0.29, 0.717) is 11.6 Å². The highest BCUT2D eigenvalue weighted by molar-refractivity contribution is 6.31. The monoisotopic (exact) mass is 252 g/mol. The van der Waals surface area contributed by atoms with Crippen LogP contribution in [-0.4, -0.2) is 12.5 Å². The predicted molar refractivity (Wildman–Crippen MR) is 71.6 cm³/mol. The molecule has 0 aromatic heterocycles. The average Bonchev–Trinajstić information content (AvgIpc) is 2.45. The number of hydrogen-bond acceptors (Lipinski definition) is 2. The second kappa shape index (κ2) is 4.57. The highest BCUT2D eigenvalue weighted by Gasteiger charge is 2.37. The molecule has 1 heterocycles. The van der Waals surface area contributed by atoms with E-state index >= 15 is 0 Å². The molecule has 4 heteroatoms. The summed E-state index contributed by atoms with van der Waals surface area (Å²) in [6.07, 6.45) is 1.65. The van der Waals surface area contributed by atoms with Gasteiger partial charge in [0.25, 0.3) is 0 Å². The largest absolute Gasteiger partial charge is 0.382 e. The summed E-state index contributed by atoms with van der Waals surface area (Å²) in [5, 5.41) is 6.93. The second-order valence-electron chi connectivity index (χ2n) is 4.49. The molecular weight excluding hydrogens is 236 g/mol. The summed E-state index contributed by atoms with van der Waals surface area (Å²) in [6, 6.07) is 5.51. The number of halogens is 1. The van der Waals surface area contributed by atoms with Crippen molar-refractivity contribution in [3.63, 3.8) is 0 Å². The van der Waals surface area contributed by atoms with Crippen LogP contribution < -0.4 is 10.6 Å². The van der Waals surface area contributed by atoms with Crippen molar-refractivity contribution < 1.29 is 4.79 Å². The molecule has 0 spiro atoms. The van der Waals surface area contributed by atoms with Gasteiger partial charge in [0.15, 0.2) is 0 Å². The summed E-state index contributed by atoms with van der Waals surface area (Å²) in [5.74, 6) is 0.0796. The Morgan fingerprint density at radius 3 is 2.65 bits per heavy atom. The first-order valence-electron chi connectivity index (χ1n) is 5.96. The summed E-state index contributed by atoms with van der Waals surface area (Å²) >= 11 is 5.94. The van der Waals surface area contributed by atoms with Gasteiger partial charge in [0, 0.05) is 11.6 Å². The first-order valence-corrected chi connectivity index (χ1v) is 6.34. The molecule has 2 rings (SSSR count). The molecule has 92 valence electrons. The molecule has 2 N–H and O–H groups in total. The Kier molecular flexibility index (Phi) is 3.29. The van der Waals surface area contributed by atoms with Gasteiger partial charge in [0.2, 0.25) is 5.91 Å². The van der Waals surface area contributed by atoms with Crippen LogP contribution in [-0.2, 0) is 4.79 Å². The van der Waals surface area contributed by atoms with Gasteiger partial charge in [-0.15, -0.1) is 0 Å². The zero-order chi connectivity index (χ0) is 12.5. The zero-order valence-electron chi connectivity index (χ0n) is 10.1. The molecule has 0 saturated heterocycles. The van der Waals surface area contributed by atoms with Crippen LogP contribution in [0.3, 0.4) is 0 Å². The normalized spacial score (nSPS) is 17.7. The van der Waals surface area contributed by atoms with Crippen molar-refractivity contribution in [2.45, 2.75) is 26.7 Å². The van der Waals surface area contributed by atoms with Gasteiger partial charge in [-0.2, -0.15) is 0 Å². The Bertz CT molecular complexity index is 441. The van der Waals surface area contributed by atoms with E-state index in [1.165, 1.54) is 0 Å². The fraction of sp³-hybridized carbons (Fsp3) is 0.462. The van der Waals surface area contributed by atoms with Crippen molar-refractivity contribution in [3.05, 3.63) is 23.2 Å². The van der Waals surface area contributed by atoms with Crippen LogP contribution in [0.1, 0.15) is 26.7 Å². The van der Waals surface area contributed by atoms with Crippen LogP contribution in [0.25, 0.3) is 0 Å². The van der Waals surface area contributed by atoms with Crippen molar-refractivity contribution in [2.24, 2.45) is 5.41 Å². The van der Waals surface area contributed by atoms with E-state index in [4.69, 9.17) is 11.6 Å². The molecule has 1 aromatic rings. The third-order valence-corrected chi connectivity index (χ3v) is 3.92. The average molecular weight is 253 g/mol. The fourth-order valence-electron chi connectivity index (χ4n) is 2.19. The van der Waals surface area contributed by atoms with Crippen molar-refractivity contribution in [3.8, 4) is 0 Å². The molecule has 3 nitrogen and oxygen atoms in total. The topological polar surface area (TPSA) is 41.1 Å². The number of anilines is 2. The number of carbonyl (C=O) groups excluding carboxylic acids is 1. The van der Waals surface area contributed by atoms with Gasteiger partial charge in [-0.25, -0.2) is 0 Å². The lowest BCUT2D eigenvalue weighted by Gasteiger charge is -2.27. The van der Waals surface area contributed by atoms with Crippen LogP contribution in [0.15, 0.2) is 18.2 Å².